The van der Waals surface area contributed by atoms with E-state index in [1.165, 1.54) is 18.0 Å². The number of hydrogen-bond acceptors (Lipinski definition) is 5. The molecule has 148 valence electrons. The molecule has 2 aliphatic heterocycles. The number of para-hydroxylation sites is 1. The topological polar surface area (TPSA) is 42.9 Å². The Morgan fingerprint density at radius 3 is 2.18 bits per heavy atom. The van der Waals surface area contributed by atoms with Crippen LogP contribution in [0.3, 0.4) is 0 Å². The quantitative estimate of drug-likeness (QED) is 0.752. The summed E-state index contributed by atoms with van der Waals surface area (Å²) in [6.45, 7) is 6.93. The lowest BCUT2D eigenvalue weighted by Crippen LogP contribution is -2.54. The summed E-state index contributed by atoms with van der Waals surface area (Å²) in [5.74, 6) is -0.249. The summed E-state index contributed by atoms with van der Waals surface area (Å²) in [6, 6.07) is 13.6. The van der Waals surface area contributed by atoms with E-state index in [0.29, 0.717) is 6.54 Å². The minimum absolute atomic E-state index is 0.205. The van der Waals surface area contributed by atoms with Gasteiger partial charge in [-0.3, -0.25) is 9.69 Å². The Hall–Kier alpha value is -2.67. The van der Waals surface area contributed by atoms with Crippen LogP contribution in [0.5, 0.6) is 0 Å². The number of amides is 1. The average Bonchev–Trinajstić information content (AvgIpc) is 2.75. The zero-order valence-corrected chi connectivity index (χ0v) is 16.0. The Balaban J connectivity index is 1.23. The molecule has 1 aromatic heterocycles. The first-order valence-electron chi connectivity index (χ1n) is 9.86. The van der Waals surface area contributed by atoms with Crippen LogP contribution in [0.1, 0.15) is 0 Å². The molecule has 2 aromatic rings. The van der Waals surface area contributed by atoms with Crippen molar-refractivity contribution in [2.45, 2.75) is 0 Å². The number of carbonyl (C=O) groups excluding carboxylic acids is 1. The van der Waals surface area contributed by atoms with Gasteiger partial charge in [-0.2, -0.15) is 4.39 Å². The Morgan fingerprint density at radius 1 is 0.857 bits per heavy atom. The molecule has 28 heavy (non-hydrogen) atoms. The fraction of sp³-hybridized carbons (Fsp3) is 0.429. The van der Waals surface area contributed by atoms with Gasteiger partial charge in [-0.25, -0.2) is 4.98 Å². The Bertz CT molecular complexity index is 786. The highest BCUT2D eigenvalue weighted by Crippen LogP contribution is 2.18. The molecule has 4 rings (SSSR count). The first-order valence-corrected chi connectivity index (χ1v) is 9.86. The molecule has 0 N–H and O–H groups in total. The first-order chi connectivity index (χ1) is 13.7. The molecule has 0 radical (unpaired) electrons. The van der Waals surface area contributed by atoms with Crippen molar-refractivity contribution in [3.05, 3.63) is 54.6 Å². The van der Waals surface area contributed by atoms with Gasteiger partial charge in [-0.05, 0) is 18.2 Å². The van der Waals surface area contributed by atoms with Gasteiger partial charge in [0.25, 0.3) is 0 Å². The summed E-state index contributed by atoms with van der Waals surface area (Å²) in [7, 11) is 0. The molecule has 0 spiro atoms. The summed E-state index contributed by atoms with van der Waals surface area (Å²) in [5.41, 5.74) is 2.08. The molecule has 6 nitrogen and oxygen atoms in total. The van der Waals surface area contributed by atoms with Crippen LogP contribution in [0.2, 0.25) is 0 Å². The van der Waals surface area contributed by atoms with E-state index in [1.54, 1.807) is 0 Å². The van der Waals surface area contributed by atoms with Gasteiger partial charge in [-0.15, -0.1) is 0 Å². The van der Waals surface area contributed by atoms with Crippen LogP contribution in [-0.2, 0) is 4.79 Å². The van der Waals surface area contributed by atoms with Gasteiger partial charge in [0, 0.05) is 76.0 Å². The van der Waals surface area contributed by atoms with Crippen LogP contribution in [0.4, 0.5) is 15.8 Å². The SMILES string of the molecule is O=C(CN1CCN(c2ccnc(F)c2)CC1)N1CCN(c2ccccc2)CC1. The Kier molecular flexibility index (Phi) is 5.71. The van der Waals surface area contributed by atoms with Crippen molar-refractivity contribution in [2.24, 2.45) is 0 Å². The molecular weight excluding hydrogens is 357 g/mol. The molecular formula is C21H26FN5O. The Labute approximate surface area is 165 Å². The van der Waals surface area contributed by atoms with E-state index in [2.05, 4.69) is 31.8 Å². The van der Waals surface area contributed by atoms with E-state index >= 15 is 0 Å². The number of hydrogen-bond donors (Lipinski definition) is 0. The molecule has 1 amide bonds. The number of piperazine rings is 2. The zero-order chi connectivity index (χ0) is 19.3. The second-order valence-electron chi connectivity index (χ2n) is 7.30. The van der Waals surface area contributed by atoms with Gasteiger partial charge in [0.1, 0.15) is 0 Å². The van der Waals surface area contributed by atoms with Crippen molar-refractivity contribution in [2.75, 3.05) is 68.7 Å². The molecule has 0 saturated carbocycles. The molecule has 3 heterocycles. The summed E-state index contributed by atoms with van der Waals surface area (Å²) in [4.78, 5) is 25.0. The van der Waals surface area contributed by atoms with Gasteiger partial charge >= 0.3 is 0 Å². The van der Waals surface area contributed by atoms with Crippen molar-refractivity contribution in [3.8, 4) is 0 Å². The van der Waals surface area contributed by atoms with Gasteiger partial charge < -0.3 is 14.7 Å². The summed E-state index contributed by atoms with van der Waals surface area (Å²) in [5, 5.41) is 0. The molecule has 0 bridgehead atoms. The van der Waals surface area contributed by atoms with Gasteiger partial charge in [0.15, 0.2) is 0 Å². The maximum absolute atomic E-state index is 13.3. The average molecular weight is 383 g/mol. The smallest absolute Gasteiger partial charge is 0.236 e. The predicted octanol–water partition coefficient (Wildman–Crippen LogP) is 1.69. The number of anilines is 2. The number of halogens is 1. The van der Waals surface area contributed by atoms with E-state index in [1.807, 2.05) is 29.2 Å². The van der Waals surface area contributed by atoms with E-state index in [9.17, 15) is 9.18 Å². The molecule has 7 heteroatoms. The molecule has 0 unspecified atom stereocenters. The maximum Gasteiger partial charge on any atom is 0.236 e. The summed E-state index contributed by atoms with van der Waals surface area (Å²) in [6.07, 6.45) is 1.50. The highest BCUT2D eigenvalue weighted by molar-refractivity contribution is 5.78. The predicted molar refractivity (Wildman–Crippen MR) is 108 cm³/mol. The monoisotopic (exact) mass is 383 g/mol. The van der Waals surface area contributed by atoms with E-state index in [0.717, 1.165) is 58.0 Å². The zero-order valence-electron chi connectivity index (χ0n) is 16.0. The van der Waals surface area contributed by atoms with Crippen molar-refractivity contribution in [1.82, 2.24) is 14.8 Å². The van der Waals surface area contributed by atoms with Gasteiger partial charge in [0.2, 0.25) is 11.9 Å². The van der Waals surface area contributed by atoms with Crippen LogP contribution in [0, 0.1) is 5.95 Å². The minimum atomic E-state index is -0.454. The number of rotatable bonds is 4. The van der Waals surface area contributed by atoms with Gasteiger partial charge in [0.05, 0.1) is 6.54 Å². The lowest BCUT2D eigenvalue weighted by molar-refractivity contribution is -0.132. The van der Waals surface area contributed by atoms with E-state index in [-0.39, 0.29) is 5.91 Å². The highest BCUT2D eigenvalue weighted by atomic mass is 19.1. The van der Waals surface area contributed by atoms with Crippen LogP contribution in [0.15, 0.2) is 48.7 Å². The van der Waals surface area contributed by atoms with Crippen molar-refractivity contribution >= 4 is 17.3 Å². The molecule has 2 saturated heterocycles. The number of benzene rings is 1. The van der Waals surface area contributed by atoms with Crippen molar-refractivity contribution in [1.29, 1.82) is 0 Å². The third-order valence-corrected chi connectivity index (χ3v) is 5.56. The summed E-state index contributed by atoms with van der Waals surface area (Å²) >= 11 is 0. The molecule has 2 aliphatic rings. The van der Waals surface area contributed by atoms with E-state index < -0.39 is 5.95 Å². The molecule has 0 atom stereocenters. The van der Waals surface area contributed by atoms with Crippen molar-refractivity contribution < 1.29 is 9.18 Å². The lowest BCUT2D eigenvalue weighted by Gasteiger charge is -2.39. The Morgan fingerprint density at radius 2 is 1.50 bits per heavy atom. The highest BCUT2D eigenvalue weighted by Gasteiger charge is 2.25. The van der Waals surface area contributed by atoms with Crippen LogP contribution in [0.25, 0.3) is 0 Å². The maximum atomic E-state index is 13.3. The second-order valence-corrected chi connectivity index (χ2v) is 7.30. The summed E-state index contributed by atoms with van der Waals surface area (Å²) < 4.78 is 13.3. The fourth-order valence-electron chi connectivity index (χ4n) is 3.90. The van der Waals surface area contributed by atoms with Gasteiger partial charge in [-0.1, -0.05) is 18.2 Å². The minimum Gasteiger partial charge on any atom is -0.369 e. The third-order valence-electron chi connectivity index (χ3n) is 5.56. The van der Waals surface area contributed by atoms with Crippen LogP contribution >= 0.6 is 0 Å². The van der Waals surface area contributed by atoms with Crippen molar-refractivity contribution in [3.63, 3.8) is 0 Å². The third kappa shape index (κ3) is 4.42. The van der Waals surface area contributed by atoms with Crippen LogP contribution in [-0.4, -0.2) is 79.6 Å². The second kappa shape index (κ2) is 8.56. The molecule has 1 aromatic carbocycles. The number of aromatic nitrogens is 1. The lowest BCUT2D eigenvalue weighted by atomic mass is 10.2. The normalized spacial score (nSPS) is 18.4. The molecule has 0 aliphatic carbocycles. The largest absolute Gasteiger partial charge is 0.369 e. The van der Waals surface area contributed by atoms with E-state index in [4.69, 9.17) is 0 Å². The van der Waals surface area contributed by atoms with Crippen LogP contribution < -0.4 is 9.80 Å². The molecule has 2 fully saturated rings. The standard InChI is InChI=1S/C21H26FN5O/c22-20-16-19(6-7-23-20)26-10-8-24(9-11-26)17-21(28)27-14-12-25(13-15-27)18-4-2-1-3-5-18/h1-7,16H,8-15,17H2. The first kappa shape index (κ1) is 18.7. The number of pyridine rings is 1. The number of nitrogens with zero attached hydrogens (tertiary/aromatic N) is 5. The number of carbonyl (C=O) groups is 1. The fourth-order valence-corrected chi connectivity index (χ4v) is 3.90.